The highest BCUT2D eigenvalue weighted by Gasteiger charge is 2.20. The van der Waals surface area contributed by atoms with E-state index in [-0.39, 0.29) is 22.7 Å². The summed E-state index contributed by atoms with van der Waals surface area (Å²) < 4.78 is 30.0. The number of hydrogen-bond donors (Lipinski definition) is 3. The third kappa shape index (κ3) is 3.39. The summed E-state index contributed by atoms with van der Waals surface area (Å²) in [6.45, 7) is -3.02. The lowest BCUT2D eigenvalue weighted by molar-refractivity contribution is -0.0494. The Morgan fingerprint density at radius 2 is 2.11 bits per heavy atom. The first kappa shape index (κ1) is 17.9. The van der Waals surface area contributed by atoms with E-state index >= 15 is 0 Å². The number of amides is 1. The highest BCUT2D eigenvalue weighted by Crippen LogP contribution is 2.36. The zero-order valence-electron chi connectivity index (χ0n) is 14.0. The molecule has 0 aliphatic rings. The molecule has 3 heterocycles. The van der Waals surface area contributed by atoms with Gasteiger partial charge in [0.1, 0.15) is 11.4 Å². The first-order valence-electron chi connectivity index (χ1n) is 8.04. The van der Waals surface area contributed by atoms with E-state index in [1.165, 1.54) is 30.6 Å². The zero-order chi connectivity index (χ0) is 19.7. The maximum absolute atomic E-state index is 12.8. The molecule has 0 saturated heterocycles. The minimum absolute atomic E-state index is 0.114. The van der Waals surface area contributed by atoms with Gasteiger partial charge in [-0.05, 0) is 24.3 Å². The van der Waals surface area contributed by atoms with Gasteiger partial charge in [0.05, 0.1) is 23.0 Å². The largest absolute Gasteiger partial charge is 0.434 e. The standard InChI is InChI=1S/C18H12ClF2N5O2/c19-9-1-2-15(28-18(20)21)11(5-9)16-14(8-24-26-16)25-17(27)12-6-22-7-13-10(12)3-4-23-13/h1-8,18,23H,(H,24,26)(H,25,27). The van der Waals surface area contributed by atoms with E-state index in [1.54, 1.807) is 18.5 Å². The topological polar surface area (TPSA) is 95.7 Å². The van der Waals surface area contributed by atoms with Crippen LogP contribution in [0.5, 0.6) is 5.75 Å². The number of alkyl halides is 2. The predicted molar refractivity (Wildman–Crippen MR) is 99.7 cm³/mol. The summed E-state index contributed by atoms with van der Waals surface area (Å²) in [6, 6.07) is 5.92. The number of carbonyl (C=O) groups excluding carboxylic acids is 1. The normalized spacial score (nSPS) is 11.1. The number of benzene rings is 1. The maximum atomic E-state index is 12.8. The molecule has 0 radical (unpaired) electrons. The lowest BCUT2D eigenvalue weighted by Crippen LogP contribution is -2.13. The summed E-state index contributed by atoms with van der Waals surface area (Å²) in [6.07, 6.45) is 6.18. The third-order valence-corrected chi connectivity index (χ3v) is 4.26. The molecule has 0 atom stereocenters. The number of nitrogens with one attached hydrogen (secondary N) is 3. The van der Waals surface area contributed by atoms with Crippen molar-refractivity contribution in [2.75, 3.05) is 5.32 Å². The number of aromatic amines is 2. The van der Waals surface area contributed by atoms with Crippen LogP contribution in [0.1, 0.15) is 10.4 Å². The second-order valence-electron chi connectivity index (χ2n) is 5.75. The molecule has 0 spiro atoms. The fourth-order valence-electron chi connectivity index (χ4n) is 2.83. The van der Waals surface area contributed by atoms with E-state index in [0.717, 1.165) is 0 Å². The van der Waals surface area contributed by atoms with Crippen molar-refractivity contribution in [3.05, 3.63) is 59.6 Å². The lowest BCUT2D eigenvalue weighted by Gasteiger charge is -2.11. The first-order chi connectivity index (χ1) is 13.5. The van der Waals surface area contributed by atoms with E-state index in [1.807, 2.05) is 0 Å². The van der Waals surface area contributed by atoms with Crippen molar-refractivity contribution < 1.29 is 18.3 Å². The molecule has 0 unspecified atom stereocenters. The number of ether oxygens (including phenoxy) is 1. The molecule has 1 aromatic carbocycles. The van der Waals surface area contributed by atoms with Crippen molar-refractivity contribution in [3.8, 4) is 17.0 Å². The van der Waals surface area contributed by atoms with Crippen LogP contribution in [0.3, 0.4) is 0 Å². The van der Waals surface area contributed by atoms with Crippen molar-refractivity contribution in [2.45, 2.75) is 6.61 Å². The minimum Gasteiger partial charge on any atom is -0.434 e. The molecule has 0 aliphatic heterocycles. The molecule has 0 bridgehead atoms. The molecule has 10 heteroatoms. The highest BCUT2D eigenvalue weighted by molar-refractivity contribution is 6.31. The molecule has 3 aromatic heterocycles. The van der Waals surface area contributed by atoms with Crippen molar-refractivity contribution in [1.82, 2.24) is 20.2 Å². The molecule has 3 N–H and O–H groups in total. The van der Waals surface area contributed by atoms with E-state index in [9.17, 15) is 13.6 Å². The second-order valence-corrected chi connectivity index (χ2v) is 6.18. The number of fused-ring (bicyclic) bond motifs is 1. The molecule has 0 saturated carbocycles. The third-order valence-electron chi connectivity index (χ3n) is 4.02. The summed E-state index contributed by atoms with van der Waals surface area (Å²) in [5.74, 6) is -0.546. The molecular weight excluding hydrogens is 392 g/mol. The number of pyridine rings is 1. The van der Waals surface area contributed by atoms with Crippen molar-refractivity contribution >= 4 is 34.1 Å². The smallest absolute Gasteiger partial charge is 0.387 e. The number of aromatic nitrogens is 4. The Hall–Kier alpha value is -3.46. The van der Waals surface area contributed by atoms with Crippen molar-refractivity contribution in [1.29, 1.82) is 0 Å². The SMILES string of the molecule is O=C(Nc1c[nH]nc1-c1cc(Cl)ccc1OC(F)F)c1cncc2[nH]ccc12. The Kier molecular flexibility index (Phi) is 4.66. The number of rotatable bonds is 5. The Balaban J connectivity index is 1.70. The average molecular weight is 404 g/mol. The zero-order valence-corrected chi connectivity index (χ0v) is 14.8. The Morgan fingerprint density at radius 3 is 2.93 bits per heavy atom. The van der Waals surface area contributed by atoms with E-state index in [0.29, 0.717) is 21.5 Å². The van der Waals surface area contributed by atoms with Crippen LogP contribution in [-0.2, 0) is 0 Å². The number of anilines is 1. The van der Waals surface area contributed by atoms with Crippen LogP contribution in [-0.4, -0.2) is 32.7 Å². The molecule has 142 valence electrons. The Labute approximate surface area is 161 Å². The van der Waals surface area contributed by atoms with Gasteiger partial charge in [-0.3, -0.25) is 14.9 Å². The maximum Gasteiger partial charge on any atom is 0.387 e. The van der Waals surface area contributed by atoms with Gasteiger partial charge in [0.25, 0.3) is 5.91 Å². The van der Waals surface area contributed by atoms with Gasteiger partial charge < -0.3 is 15.0 Å². The number of H-pyrrole nitrogens is 2. The monoisotopic (exact) mass is 403 g/mol. The van der Waals surface area contributed by atoms with Gasteiger partial charge in [0, 0.05) is 34.6 Å². The number of halogens is 3. The van der Waals surface area contributed by atoms with Gasteiger partial charge >= 0.3 is 6.61 Å². The van der Waals surface area contributed by atoms with Crippen LogP contribution >= 0.6 is 11.6 Å². The number of hydrogen-bond acceptors (Lipinski definition) is 4. The fraction of sp³-hybridized carbons (Fsp3) is 0.0556. The van der Waals surface area contributed by atoms with Gasteiger partial charge in [-0.25, -0.2) is 0 Å². The highest BCUT2D eigenvalue weighted by atomic mass is 35.5. The van der Waals surface area contributed by atoms with Crippen LogP contribution in [0.15, 0.2) is 49.1 Å². The van der Waals surface area contributed by atoms with Crippen LogP contribution in [0.4, 0.5) is 14.5 Å². The number of nitrogens with zero attached hydrogens (tertiary/aromatic N) is 2. The summed E-state index contributed by atoms with van der Waals surface area (Å²) in [7, 11) is 0. The van der Waals surface area contributed by atoms with Crippen LogP contribution < -0.4 is 10.1 Å². The van der Waals surface area contributed by atoms with Crippen LogP contribution in [0.2, 0.25) is 5.02 Å². The molecular formula is C18H12ClF2N5O2. The summed E-state index contributed by atoms with van der Waals surface area (Å²) in [5, 5.41) is 10.4. The molecule has 0 aliphatic carbocycles. The van der Waals surface area contributed by atoms with Gasteiger partial charge in [-0.1, -0.05) is 11.6 Å². The lowest BCUT2D eigenvalue weighted by atomic mass is 10.1. The van der Waals surface area contributed by atoms with Crippen molar-refractivity contribution in [2.24, 2.45) is 0 Å². The van der Waals surface area contributed by atoms with Crippen LogP contribution in [0.25, 0.3) is 22.2 Å². The molecule has 0 fully saturated rings. The van der Waals surface area contributed by atoms with E-state index < -0.39 is 12.5 Å². The first-order valence-corrected chi connectivity index (χ1v) is 8.41. The van der Waals surface area contributed by atoms with Gasteiger partial charge in [-0.15, -0.1) is 0 Å². The fourth-order valence-corrected chi connectivity index (χ4v) is 3.00. The van der Waals surface area contributed by atoms with Crippen LogP contribution in [0, 0.1) is 0 Å². The number of carbonyl (C=O) groups is 1. The van der Waals surface area contributed by atoms with Gasteiger partial charge in [-0.2, -0.15) is 13.9 Å². The molecule has 4 aromatic rings. The molecule has 4 rings (SSSR count). The quantitative estimate of drug-likeness (QED) is 0.458. The Bertz CT molecular complexity index is 1160. The average Bonchev–Trinajstić information content (AvgIpc) is 3.31. The van der Waals surface area contributed by atoms with Gasteiger partial charge in [0.2, 0.25) is 0 Å². The molecule has 7 nitrogen and oxygen atoms in total. The van der Waals surface area contributed by atoms with Gasteiger partial charge in [0.15, 0.2) is 0 Å². The molecule has 1 amide bonds. The Morgan fingerprint density at radius 1 is 1.25 bits per heavy atom. The predicted octanol–water partition coefficient (Wildman–Crippen LogP) is 4.46. The second kappa shape index (κ2) is 7.28. The minimum atomic E-state index is -3.02. The van der Waals surface area contributed by atoms with Crippen molar-refractivity contribution in [3.63, 3.8) is 0 Å². The summed E-state index contributed by atoms with van der Waals surface area (Å²) >= 11 is 6.00. The molecule has 28 heavy (non-hydrogen) atoms. The summed E-state index contributed by atoms with van der Waals surface area (Å²) in [4.78, 5) is 19.8. The summed E-state index contributed by atoms with van der Waals surface area (Å²) in [5.41, 5.74) is 1.76. The van der Waals surface area contributed by atoms with E-state index in [2.05, 4.69) is 30.2 Å². The van der Waals surface area contributed by atoms with E-state index in [4.69, 9.17) is 11.6 Å².